The van der Waals surface area contributed by atoms with Gasteiger partial charge in [0.2, 0.25) is 0 Å². The molecule has 0 saturated heterocycles. The number of aryl methyl sites for hydroxylation is 2. The minimum Gasteiger partial charge on any atom is -0.317 e. The highest BCUT2D eigenvalue weighted by molar-refractivity contribution is 4.86. The van der Waals surface area contributed by atoms with Gasteiger partial charge in [0.25, 0.3) is 0 Å². The number of hydrogen-bond acceptors (Lipinski definition) is 3. The second kappa shape index (κ2) is 19.1. The van der Waals surface area contributed by atoms with Gasteiger partial charge < -0.3 is 5.32 Å². The Hall–Kier alpha value is -0.900. The lowest BCUT2D eigenvalue weighted by atomic mass is 10.2. The molecule has 0 atom stereocenters. The number of rotatable bonds is 10. The monoisotopic (exact) mass is 298 g/mol. The number of nitrogens with one attached hydrogen (secondary N) is 1. The van der Waals surface area contributed by atoms with Gasteiger partial charge in [0, 0.05) is 12.7 Å². The van der Waals surface area contributed by atoms with Gasteiger partial charge in [-0.15, -0.1) is 5.10 Å². The highest BCUT2D eigenvalue weighted by Crippen LogP contribution is 1.98. The molecule has 1 rings (SSSR count). The Balaban J connectivity index is 0. The van der Waals surface area contributed by atoms with Crippen molar-refractivity contribution in [2.75, 3.05) is 13.1 Å². The van der Waals surface area contributed by atoms with E-state index < -0.39 is 0 Å². The van der Waals surface area contributed by atoms with E-state index in [0.717, 1.165) is 18.8 Å². The van der Waals surface area contributed by atoms with E-state index in [2.05, 4.69) is 22.6 Å². The van der Waals surface area contributed by atoms with Crippen LogP contribution in [-0.2, 0) is 6.54 Å². The molecule has 0 saturated carbocycles. The zero-order valence-corrected chi connectivity index (χ0v) is 15.3. The van der Waals surface area contributed by atoms with Crippen molar-refractivity contribution in [3.63, 3.8) is 0 Å². The van der Waals surface area contributed by atoms with Crippen molar-refractivity contribution >= 4 is 0 Å². The van der Waals surface area contributed by atoms with Gasteiger partial charge in [0.1, 0.15) is 0 Å². The summed E-state index contributed by atoms with van der Waals surface area (Å²) in [6.45, 7) is 15.5. The molecule has 21 heavy (non-hydrogen) atoms. The van der Waals surface area contributed by atoms with Crippen LogP contribution in [0.2, 0.25) is 0 Å². The first kappa shape index (κ1) is 22.4. The molecule has 1 N–H and O–H groups in total. The molecule has 0 aliphatic carbocycles. The summed E-state index contributed by atoms with van der Waals surface area (Å²) in [6.07, 6.45) is 9.75. The molecule has 0 amide bonds. The van der Waals surface area contributed by atoms with Crippen molar-refractivity contribution in [1.82, 2.24) is 20.3 Å². The van der Waals surface area contributed by atoms with Crippen molar-refractivity contribution in [2.24, 2.45) is 0 Å². The third-order valence-corrected chi connectivity index (χ3v) is 2.85. The predicted octanol–water partition coefficient (Wildman–Crippen LogP) is 4.59. The molecule has 0 spiro atoms. The molecule has 0 aliphatic heterocycles. The van der Waals surface area contributed by atoms with Crippen molar-refractivity contribution < 1.29 is 0 Å². The first-order valence-electron chi connectivity index (χ1n) is 8.90. The van der Waals surface area contributed by atoms with Gasteiger partial charge in [-0.25, -0.2) is 0 Å². The molecule has 1 heterocycles. The van der Waals surface area contributed by atoms with Crippen LogP contribution in [0.1, 0.15) is 78.8 Å². The molecule has 0 aromatic carbocycles. The quantitative estimate of drug-likeness (QED) is 0.642. The summed E-state index contributed by atoms with van der Waals surface area (Å²) in [7, 11) is 0. The van der Waals surface area contributed by atoms with Crippen LogP contribution in [-0.4, -0.2) is 28.1 Å². The molecule has 4 heteroatoms. The van der Waals surface area contributed by atoms with Gasteiger partial charge >= 0.3 is 0 Å². The highest BCUT2D eigenvalue weighted by Gasteiger charge is 1.95. The summed E-state index contributed by atoms with van der Waals surface area (Å²) in [5.41, 5.74) is 0.999. The van der Waals surface area contributed by atoms with Crippen molar-refractivity contribution in [1.29, 1.82) is 0 Å². The molecule has 0 aliphatic rings. The Bertz CT molecular complexity index is 284. The topological polar surface area (TPSA) is 42.7 Å². The Morgan fingerprint density at radius 3 is 2.10 bits per heavy atom. The highest BCUT2D eigenvalue weighted by atomic mass is 15.4. The normalized spacial score (nSPS) is 9.43. The third kappa shape index (κ3) is 15.3. The van der Waals surface area contributed by atoms with E-state index in [1.165, 1.54) is 45.1 Å². The number of hydrogen-bond donors (Lipinski definition) is 1. The van der Waals surface area contributed by atoms with E-state index in [9.17, 15) is 0 Å². The molecule has 0 fully saturated rings. The van der Waals surface area contributed by atoms with Crippen LogP contribution >= 0.6 is 0 Å². The van der Waals surface area contributed by atoms with E-state index >= 15 is 0 Å². The van der Waals surface area contributed by atoms with Gasteiger partial charge in [-0.3, -0.25) is 4.68 Å². The van der Waals surface area contributed by atoms with Gasteiger partial charge in [0.05, 0.1) is 5.69 Å². The van der Waals surface area contributed by atoms with Gasteiger partial charge in [0.15, 0.2) is 0 Å². The van der Waals surface area contributed by atoms with E-state index in [0.29, 0.717) is 0 Å². The van der Waals surface area contributed by atoms with Crippen LogP contribution in [0.25, 0.3) is 0 Å². The van der Waals surface area contributed by atoms with Crippen LogP contribution < -0.4 is 5.32 Å². The fourth-order valence-corrected chi connectivity index (χ4v) is 1.83. The average Bonchev–Trinajstić information content (AvgIpc) is 2.95. The Morgan fingerprint density at radius 1 is 0.952 bits per heavy atom. The maximum absolute atomic E-state index is 4.03. The van der Waals surface area contributed by atoms with Crippen molar-refractivity contribution in [2.45, 2.75) is 86.6 Å². The number of aromatic nitrogens is 3. The van der Waals surface area contributed by atoms with Crippen LogP contribution in [0.3, 0.4) is 0 Å². The molecule has 4 nitrogen and oxygen atoms in total. The fourth-order valence-electron chi connectivity index (χ4n) is 1.83. The van der Waals surface area contributed by atoms with Crippen LogP contribution in [0, 0.1) is 6.92 Å². The number of nitrogens with zero attached hydrogens (tertiary/aromatic N) is 3. The minimum atomic E-state index is 0.984. The smallest absolute Gasteiger partial charge is 0.0796 e. The summed E-state index contributed by atoms with van der Waals surface area (Å²) in [4.78, 5) is 0. The summed E-state index contributed by atoms with van der Waals surface area (Å²) in [5, 5.41) is 11.5. The molecule has 1 aromatic rings. The fraction of sp³-hybridized carbons (Fsp3) is 0.882. The van der Waals surface area contributed by atoms with Crippen molar-refractivity contribution in [3.8, 4) is 0 Å². The molecule has 0 bridgehead atoms. The van der Waals surface area contributed by atoms with Gasteiger partial charge in [-0.2, -0.15) is 0 Å². The lowest BCUT2D eigenvalue weighted by Crippen LogP contribution is -2.17. The van der Waals surface area contributed by atoms with E-state index in [1.807, 2.05) is 45.5 Å². The van der Waals surface area contributed by atoms with E-state index in [-0.39, 0.29) is 0 Å². The summed E-state index contributed by atoms with van der Waals surface area (Å²) >= 11 is 0. The molecular formula is C17H38N4. The molecule has 1 aromatic heterocycles. The predicted molar refractivity (Wildman–Crippen MR) is 93.7 cm³/mol. The zero-order valence-electron chi connectivity index (χ0n) is 15.3. The summed E-state index contributed by atoms with van der Waals surface area (Å²) < 4.78 is 1.93. The Kier molecular flexibility index (Phi) is 20.4. The number of unbranched alkanes of at least 4 members (excludes halogenated alkanes) is 4. The lowest BCUT2D eigenvalue weighted by Gasteiger charge is -2.04. The molecule has 126 valence electrons. The average molecular weight is 299 g/mol. The largest absolute Gasteiger partial charge is 0.317 e. The maximum Gasteiger partial charge on any atom is 0.0796 e. The lowest BCUT2D eigenvalue weighted by molar-refractivity contribution is 0.516. The SMILES string of the molecule is CC.CC.CCCCCCNCCCCn1cc(C)nn1. The van der Waals surface area contributed by atoms with Gasteiger partial charge in [-0.1, -0.05) is 59.1 Å². The molecule has 0 radical (unpaired) electrons. The van der Waals surface area contributed by atoms with Crippen LogP contribution in [0.5, 0.6) is 0 Å². The maximum atomic E-state index is 4.03. The van der Waals surface area contributed by atoms with E-state index in [4.69, 9.17) is 0 Å². The molecular weight excluding hydrogens is 260 g/mol. The van der Waals surface area contributed by atoms with Crippen molar-refractivity contribution in [3.05, 3.63) is 11.9 Å². The van der Waals surface area contributed by atoms with Crippen LogP contribution in [0.4, 0.5) is 0 Å². The summed E-state index contributed by atoms with van der Waals surface area (Å²) in [6, 6.07) is 0. The zero-order chi connectivity index (χ0) is 16.3. The second-order valence-electron chi connectivity index (χ2n) is 4.64. The second-order valence-corrected chi connectivity index (χ2v) is 4.64. The first-order valence-corrected chi connectivity index (χ1v) is 8.90. The van der Waals surface area contributed by atoms with Gasteiger partial charge in [-0.05, 0) is 39.3 Å². The standard InChI is InChI=1S/C13H26N4.2C2H6/c1-3-4-5-6-9-14-10-7-8-11-17-12-13(2)15-16-17;2*1-2/h12,14H,3-11H2,1-2H3;2*1-2H3. The minimum absolute atomic E-state index is 0.984. The first-order chi connectivity index (χ1) is 10.3. The Morgan fingerprint density at radius 2 is 1.57 bits per heavy atom. The van der Waals surface area contributed by atoms with E-state index in [1.54, 1.807) is 0 Å². The summed E-state index contributed by atoms with van der Waals surface area (Å²) in [5.74, 6) is 0. The third-order valence-electron chi connectivity index (χ3n) is 2.85. The van der Waals surface area contributed by atoms with Crippen LogP contribution in [0.15, 0.2) is 6.20 Å². The molecule has 0 unspecified atom stereocenters. The Labute approximate surface area is 132 Å².